The Balaban J connectivity index is 2.33. The second kappa shape index (κ2) is 6.59. The number of carbonyl (C=O) groups excluding carboxylic acids is 1. The topological polar surface area (TPSA) is 75.6 Å². The first-order chi connectivity index (χ1) is 8.04. The Hall–Kier alpha value is -1.10. The lowest BCUT2D eigenvalue weighted by Gasteiger charge is -2.26. The van der Waals surface area contributed by atoms with Gasteiger partial charge in [0.05, 0.1) is 12.5 Å². The smallest absolute Gasteiger partial charge is 0.306 e. The van der Waals surface area contributed by atoms with Crippen molar-refractivity contribution < 1.29 is 19.4 Å². The molecule has 0 spiro atoms. The summed E-state index contributed by atoms with van der Waals surface area (Å²) in [6, 6.07) is 0.00435. The van der Waals surface area contributed by atoms with Gasteiger partial charge < -0.3 is 15.2 Å². The molecule has 5 nitrogen and oxygen atoms in total. The van der Waals surface area contributed by atoms with Gasteiger partial charge >= 0.3 is 5.97 Å². The molecule has 1 atom stereocenters. The van der Waals surface area contributed by atoms with Crippen molar-refractivity contribution in [2.45, 2.75) is 38.6 Å². The number of amides is 1. The summed E-state index contributed by atoms with van der Waals surface area (Å²) in [4.78, 5) is 22.6. The van der Waals surface area contributed by atoms with Gasteiger partial charge in [0, 0.05) is 19.1 Å². The summed E-state index contributed by atoms with van der Waals surface area (Å²) >= 11 is 0. The van der Waals surface area contributed by atoms with Crippen LogP contribution >= 0.6 is 0 Å². The minimum absolute atomic E-state index is 0.00435. The molecular formula is C12H21NO4. The Labute approximate surface area is 102 Å². The van der Waals surface area contributed by atoms with Crippen LogP contribution in [-0.4, -0.2) is 36.7 Å². The van der Waals surface area contributed by atoms with Gasteiger partial charge in [0.2, 0.25) is 5.91 Å². The van der Waals surface area contributed by atoms with Crippen molar-refractivity contribution in [2.24, 2.45) is 11.8 Å². The predicted molar refractivity (Wildman–Crippen MR) is 62.6 cm³/mol. The Kier molecular flexibility index (Phi) is 5.41. The summed E-state index contributed by atoms with van der Waals surface area (Å²) in [6.45, 7) is 2.39. The van der Waals surface area contributed by atoms with Crippen LogP contribution in [0.5, 0.6) is 0 Å². The first-order valence-electron chi connectivity index (χ1n) is 6.06. The molecule has 1 fully saturated rings. The second-order valence-corrected chi connectivity index (χ2v) is 4.75. The molecule has 1 rings (SSSR count). The molecule has 1 aliphatic carbocycles. The van der Waals surface area contributed by atoms with Crippen LogP contribution in [0.1, 0.15) is 32.6 Å². The molecule has 1 amide bonds. The van der Waals surface area contributed by atoms with Gasteiger partial charge in [0.15, 0.2) is 0 Å². The quantitative estimate of drug-likeness (QED) is 0.756. The van der Waals surface area contributed by atoms with Crippen LogP contribution in [0, 0.1) is 11.8 Å². The molecule has 0 aliphatic heterocycles. The third-order valence-electron chi connectivity index (χ3n) is 3.25. The summed E-state index contributed by atoms with van der Waals surface area (Å²) in [5.74, 6) is -1.02. The standard InChI is InChI=1S/C12H21NO4/c1-8(7-17-2)13-11(14)9-3-5-10(6-4-9)12(15)16/h8-10H,3-7H2,1-2H3,(H,13,14)(H,15,16). The molecular weight excluding hydrogens is 222 g/mol. The van der Waals surface area contributed by atoms with Crippen molar-refractivity contribution in [3.63, 3.8) is 0 Å². The number of methoxy groups -OCH3 is 1. The van der Waals surface area contributed by atoms with E-state index in [1.807, 2.05) is 6.92 Å². The highest BCUT2D eigenvalue weighted by Crippen LogP contribution is 2.29. The van der Waals surface area contributed by atoms with Crippen LogP contribution in [0.2, 0.25) is 0 Å². The van der Waals surface area contributed by atoms with Gasteiger partial charge in [-0.05, 0) is 32.6 Å². The fourth-order valence-corrected chi connectivity index (χ4v) is 2.25. The van der Waals surface area contributed by atoms with E-state index in [4.69, 9.17) is 9.84 Å². The minimum Gasteiger partial charge on any atom is -0.481 e. The first-order valence-corrected chi connectivity index (χ1v) is 6.06. The third kappa shape index (κ3) is 4.34. The maximum atomic E-state index is 11.8. The molecule has 0 aromatic rings. The molecule has 2 N–H and O–H groups in total. The van der Waals surface area contributed by atoms with Crippen LogP contribution in [0.15, 0.2) is 0 Å². The maximum Gasteiger partial charge on any atom is 0.306 e. The molecule has 0 aromatic heterocycles. The number of rotatable bonds is 5. The normalized spacial score (nSPS) is 26.2. The number of hydrogen-bond acceptors (Lipinski definition) is 3. The molecule has 17 heavy (non-hydrogen) atoms. The van der Waals surface area contributed by atoms with E-state index in [-0.39, 0.29) is 23.8 Å². The number of carbonyl (C=O) groups is 2. The van der Waals surface area contributed by atoms with Crippen LogP contribution in [0.25, 0.3) is 0 Å². The Morgan fingerprint density at radius 2 is 1.82 bits per heavy atom. The number of carboxylic acid groups (broad SMARTS) is 1. The van der Waals surface area contributed by atoms with Crippen molar-refractivity contribution >= 4 is 11.9 Å². The highest BCUT2D eigenvalue weighted by atomic mass is 16.5. The molecule has 1 aliphatic rings. The Morgan fingerprint density at radius 1 is 1.29 bits per heavy atom. The second-order valence-electron chi connectivity index (χ2n) is 4.75. The van der Waals surface area contributed by atoms with Crippen molar-refractivity contribution in [3.8, 4) is 0 Å². The lowest BCUT2D eigenvalue weighted by Crippen LogP contribution is -2.41. The van der Waals surface area contributed by atoms with Crippen molar-refractivity contribution in [3.05, 3.63) is 0 Å². The molecule has 0 bridgehead atoms. The number of aliphatic carboxylic acids is 1. The molecule has 0 heterocycles. The van der Waals surface area contributed by atoms with Gasteiger partial charge in [-0.25, -0.2) is 0 Å². The zero-order valence-electron chi connectivity index (χ0n) is 10.4. The molecule has 1 saturated carbocycles. The minimum atomic E-state index is -0.739. The van der Waals surface area contributed by atoms with E-state index in [1.165, 1.54) is 0 Å². The maximum absolute atomic E-state index is 11.8. The number of ether oxygens (including phenoxy) is 1. The fraction of sp³-hybridized carbons (Fsp3) is 0.833. The van der Waals surface area contributed by atoms with Crippen LogP contribution in [0.3, 0.4) is 0 Å². The zero-order valence-corrected chi connectivity index (χ0v) is 10.4. The SMILES string of the molecule is COCC(C)NC(=O)C1CCC(C(=O)O)CC1. The van der Waals surface area contributed by atoms with Gasteiger partial charge in [-0.15, -0.1) is 0 Å². The summed E-state index contributed by atoms with van der Waals surface area (Å²) in [6.07, 6.45) is 2.54. The van der Waals surface area contributed by atoms with E-state index < -0.39 is 5.97 Å². The summed E-state index contributed by atoms with van der Waals surface area (Å²) in [5, 5.41) is 11.7. The van der Waals surface area contributed by atoms with E-state index in [0.717, 1.165) is 0 Å². The van der Waals surface area contributed by atoms with Gasteiger partial charge in [-0.2, -0.15) is 0 Å². The van der Waals surface area contributed by atoms with Gasteiger partial charge in [-0.1, -0.05) is 0 Å². The highest BCUT2D eigenvalue weighted by molar-refractivity contribution is 5.79. The number of nitrogens with one attached hydrogen (secondary N) is 1. The summed E-state index contributed by atoms with van der Waals surface area (Å²) in [5.41, 5.74) is 0. The average Bonchev–Trinajstić information content (AvgIpc) is 2.29. The number of hydrogen-bond donors (Lipinski definition) is 2. The van der Waals surface area contributed by atoms with Crippen molar-refractivity contribution in [2.75, 3.05) is 13.7 Å². The molecule has 1 unspecified atom stereocenters. The van der Waals surface area contributed by atoms with Gasteiger partial charge in [-0.3, -0.25) is 9.59 Å². The van der Waals surface area contributed by atoms with E-state index in [1.54, 1.807) is 7.11 Å². The molecule has 5 heteroatoms. The average molecular weight is 243 g/mol. The Bertz CT molecular complexity index is 272. The molecule has 0 saturated heterocycles. The van der Waals surface area contributed by atoms with Gasteiger partial charge in [0.25, 0.3) is 0 Å². The number of carboxylic acids is 1. The van der Waals surface area contributed by atoms with Crippen LogP contribution in [-0.2, 0) is 14.3 Å². The van der Waals surface area contributed by atoms with Crippen LogP contribution < -0.4 is 5.32 Å². The monoisotopic (exact) mass is 243 g/mol. The van der Waals surface area contributed by atoms with E-state index in [9.17, 15) is 9.59 Å². The molecule has 0 aromatic carbocycles. The van der Waals surface area contributed by atoms with E-state index >= 15 is 0 Å². The highest BCUT2D eigenvalue weighted by Gasteiger charge is 2.29. The predicted octanol–water partition coefficient (Wildman–Crippen LogP) is 1.03. The van der Waals surface area contributed by atoms with E-state index in [0.29, 0.717) is 32.3 Å². The lowest BCUT2D eigenvalue weighted by atomic mass is 9.81. The Morgan fingerprint density at radius 3 is 2.29 bits per heavy atom. The van der Waals surface area contributed by atoms with Gasteiger partial charge in [0.1, 0.15) is 0 Å². The van der Waals surface area contributed by atoms with E-state index in [2.05, 4.69) is 5.32 Å². The summed E-state index contributed by atoms with van der Waals surface area (Å²) < 4.78 is 4.95. The molecule has 0 radical (unpaired) electrons. The summed E-state index contributed by atoms with van der Waals surface area (Å²) in [7, 11) is 1.60. The lowest BCUT2D eigenvalue weighted by molar-refractivity contribution is -0.144. The van der Waals surface area contributed by atoms with Crippen LogP contribution in [0.4, 0.5) is 0 Å². The van der Waals surface area contributed by atoms with Crippen molar-refractivity contribution in [1.29, 1.82) is 0 Å². The zero-order chi connectivity index (χ0) is 12.8. The first kappa shape index (κ1) is 14.0. The fourth-order valence-electron chi connectivity index (χ4n) is 2.25. The largest absolute Gasteiger partial charge is 0.481 e. The molecule has 98 valence electrons. The van der Waals surface area contributed by atoms with Crippen molar-refractivity contribution in [1.82, 2.24) is 5.32 Å². The third-order valence-corrected chi connectivity index (χ3v) is 3.25.